The minimum atomic E-state index is -1.21. The highest BCUT2D eigenvalue weighted by Gasteiger charge is 2.44. The minimum Gasteiger partial charge on any atom is -0.480 e. The summed E-state index contributed by atoms with van der Waals surface area (Å²) in [5, 5.41) is 18.5. The molecule has 2 atom stereocenters. The Morgan fingerprint density at radius 3 is 2.64 bits per heavy atom. The van der Waals surface area contributed by atoms with Gasteiger partial charge >= 0.3 is 5.97 Å². The standard InChI is InChI=1S/C20H29BFN2O3.H2O/c22-16-5-3-14-4-6-18(17(14)13-16)24-11-7-15(8-12-24)20(23,19(25)26)9-1-2-10-21-27;/h3,5,13,15,18,27H,1-2,4,6-12,23H2,(H,25,26);1H2. The number of aryl methyl sites for hydroxylation is 1. The van der Waals surface area contributed by atoms with E-state index in [4.69, 9.17) is 10.8 Å². The van der Waals surface area contributed by atoms with Crippen LogP contribution in [0.1, 0.15) is 55.7 Å². The van der Waals surface area contributed by atoms with Crippen LogP contribution in [0.15, 0.2) is 18.2 Å². The molecule has 1 heterocycles. The number of benzene rings is 1. The average Bonchev–Trinajstić information content (AvgIpc) is 3.08. The van der Waals surface area contributed by atoms with Crippen LogP contribution in [0.5, 0.6) is 0 Å². The van der Waals surface area contributed by atoms with E-state index in [1.165, 1.54) is 11.6 Å². The summed E-state index contributed by atoms with van der Waals surface area (Å²) in [6.07, 6.45) is 5.88. The number of piperidine rings is 1. The van der Waals surface area contributed by atoms with Gasteiger partial charge in [0.15, 0.2) is 0 Å². The molecule has 8 heteroatoms. The third-order valence-electron chi connectivity index (χ3n) is 6.42. The zero-order valence-electron chi connectivity index (χ0n) is 16.2. The SMILES string of the molecule is NC(CCCC[B]O)(C(=O)O)C1CCN(C2CCc3ccc(F)cc32)CC1.O. The van der Waals surface area contributed by atoms with Gasteiger partial charge in [0.2, 0.25) is 0 Å². The third kappa shape index (κ3) is 4.74. The van der Waals surface area contributed by atoms with E-state index in [-0.39, 0.29) is 23.3 Å². The van der Waals surface area contributed by atoms with E-state index in [0.717, 1.165) is 58.2 Å². The van der Waals surface area contributed by atoms with Crippen molar-refractivity contribution in [2.75, 3.05) is 13.1 Å². The van der Waals surface area contributed by atoms with Crippen LogP contribution in [-0.4, -0.2) is 52.6 Å². The number of carbonyl (C=O) groups is 1. The van der Waals surface area contributed by atoms with E-state index in [1.807, 2.05) is 6.07 Å². The molecule has 0 aromatic heterocycles. The van der Waals surface area contributed by atoms with Crippen molar-refractivity contribution in [3.63, 3.8) is 0 Å². The van der Waals surface area contributed by atoms with Crippen molar-refractivity contribution in [2.24, 2.45) is 11.7 Å². The molecule has 1 aliphatic carbocycles. The summed E-state index contributed by atoms with van der Waals surface area (Å²) in [6.45, 7) is 1.59. The maximum absolute atomic E-state index is 13.7. The Kier molecular flexibility index (Phi) is 8.01. The first-order valence-electron chi connectivity index (χ1n) is 9.96. The molecule has 1 aromatic rings. The Morgan fingerprint density at radius 1 is 1.29 bits per heavy atom. The average molecular weight is 393 g/mol. The quantitative estimate of drug-likeness (QED) is 0.459. The summed E-state index contributed by atoms with van der Waals surface area (Å²) in [6, 6.07) is 5.30. The summed E-state index contributed by atoms with van der Waals surface area (Å²) >= 11 is 0. The number of carboxylic acid groups (broad SMARTS) is 1. The monoisotopic (exact) mass is 393 g/mol. The van der Waals surface area contributed by atoms with E-state index >= 15 is 0 Å². The van der Waals surface area contributed by atoms with E-state index in [0.29, 0.717) is 19.2 Å². The van der Waals surface area contributed by atoms with Gasteiger partial charge in [0.25, 0.3) is 7.48 Å². The fraction of sp³-hybridized carbons (Fsp3) is 0.650. The van der Waals surface area contributed by atoms with Gasteiger partial charge in [-0.2, -0.15) is 0 Å². The van der Waals surface area contributed by atoms with Crippen LogP contribution >= 0.6 is 0 Å². The second kappa shape index (κ2) is 9.83. The van der Waals surface area contributed by atoms with Gasteiger partial charge < -0.3 is 21.3 Å². The lowest BCUT2D eigenvalue weighted by Crippen LogP contribution is -2.57. The first-order chi connectivity index (χ1) is 13.0. The Morgan fingerprint density at radius 2 is 2.00 bits per heavy atom. The summed E-state index contributed by atoms with van der Waals surface area (Å²) < 4.78 is 13.7. The third-order valence-corrected chi connectivity index (χ3v) is 6.42. The van der Waals surface area contributed by atoms with Crippen molar-refractivity contribution in [3.8, 4) is 0 Å². The topological polar surface area (TPSA) is 118 Å². The second-order valence-corrected chi connectivity index (χ2v) is 7.98. The van der Waals surface area contributed by atoms with Crippen molar-refractivity contribution in [1.82, 2.24) is 4.90 Å². The van der Waals surface area contributed by atoms with Gasteiger partial charge in [-0.05, 0) is 74.4 Å². The fourth-order valence-corrected chi connectivity index (χ4v) is 4.80. The van der Waals surface area contributed by atoms with Gasteiger partial charge in [-0.1, -0.05) is 25.2 Å². The minimum absolute atomic E-state index is 0. The zero-order chi connectivity index (χ0) is 19.4. The predicted molar refractivity (Wildman–Crippen MR) is 107 cm³/mol. The molecule has 1 aliphatic heterocycles. The van der Waals surface area contributed by atoms with Crippen LogP contribution in [0.3, 0.4) is 0 Å². The maximum Gasteiger partial charge on any atom is 0.323 e. The lowest BCUT2D eigenvalue weighted by Gasteiger charge is -2.42. The van der Waals surface area contributed by atoms with Crippen molar-refractivity contribution in [1.29, 1.82) is 0 Å². The van der Waals surface area contributed by atoms with Gasteiger partial charge in [0.05, 0.1) is 0 Å². The molecule has 1 radical (unpaired) electrons. The molecule has 6 N–H and O–H groups in total. The molecule has 6 nitrogen and oxygen atoms in total. The lowest BCUT2D eigenvalue weighted by atomic mass is 9.74. The van der Waals surface area contributed by atoms with Crippen molar-refractivity contribution >= 4 is 13.5 Å². The van der Waals surface area contributed by atoms with E-state index in [9.17, 15) is 14.3 Å². The lowest BCUT2D eigenvalue weighted by molar-refractivity contribution is -0.147. The van der Waals surface area contributed by atoms with Crippen LogP contribution in [0.4, 0.5) is 4.39 Å². The molecule has 3 rings (SSSR count). The summed E-state index contributed by atoms with van der Waals surface area (Å²) in [7, 11) is 1.11. The normalized spacial score (nSPS) is 22.2. The molecule has 28 heavy (non-hydrogen) atoms. The number of nitrogens with zero attached hydrogens (tertiary/aromatic N) is 1. The molecule has 0 saturated carbocycles. The Bertz CT molecular complexity index is 670. The smallest absolute Gasteiger partial charge is 0.323 e. The number of hydrogen-bond donors (Lipinski definition) is 3. The molecule has 1 fully saturated rings. The van der Waals surface area contributed by atoms with Crippen LogP contribution in [0, 0.1) is 11.7 Å². The largest absolute Gasteiger partial charge is 0.480 e. The van der Waals surface area contributed by atoms with Gasteiger partial charge in [0, 0.05) is 6.04 Å². The molecule has 155 valence electrons. The molecular formula is C20H31BFN2O4. The first-order valence-corrected chi connectivity index (χ1v) is 9.96. The molecular weight excluding hydrogens is 362 g/mol. The fourth-order valence-electron chi connectivity index (χ4n) is 4.80. The number of rotatable bonds is 8. The molecule has 0 amide bonds. The molecule has 2 unspecified atom stereocenters. The number of fused-ring (bicyclic) bond motifs is 1. The van der Waals surface area contributed by atoms with Crippen molar-refractivity contribution in [2.45, 2.75) is 62.8 Å². The van der Waals surface area contributed by atoms with Crippen molar-refractivity contribution in [3.05, 3.63) is 35.1 Å². The Labute approximate surface area is 166 Å². The Balaban J connectivity index is 0.00000280. The summed E-state index contributed by atoms with van der Waals surface area (Å²) in [5.41, 5.74) is 7.46. The number of likely N-dealkylation sites (tertiary alicyclic amines) is 1. The number of hydrogen-bond acceptors (Lipinski definition) is 4. The molecule has 1 saturated heterocycles. The van der Waals surface area contributed by atoms with Crippen LogP contribution in [0.25, 0.3) is 0 Å². The van der Waals surface area contributed by atoms with Gasteiger partial charge in [-0.15, -0.1) is 0 Å². The van der Waals surface area contributed by atoms with Crippen molar-refractivity contribution < 1.29 is 24.8 Å². The Hall–Kier alpha value is -1.48. The number of halogens is 1. The number of aliphatic carboxylic acids is 1. The highest BCUT2D eigenvalue weighted by molar-refractivity contribution is 6.25. The van der Waals surface area contributed by atoms with Gasteiger partial charge in [-0.3, -0.25) is 9.69 Å². The van der Waals surface area contributed by atoms with Crippen LogP contribution in [-0.2, 0) is 11.2 Å². The number of carboxylic acids is 1. The van der Waals surface area contributed by atoms with E-state index < -0.39 is 11.5 Å². The maximum atomic E-state index is 13.7. The number of nitrogens with two attached hydrogens (primary N) is 1. The first kappa shape index (κ1) is 22.8. The highest BCUT2D eigenvalue weighted by atomic mass is 19.1. The van der Waals surface area contributed by atoms with Crippen LogP contribution in [0.2, 0.25) is 6.32 Å². The second-order valence-electron chi connectivity index (χ2n) is 7.98. The zero-order valence-corrected chi connectivity index (χ0v) is 16.2. The molecule has 1 aromatic carbocycles. The van der Waals surface area contributed by atoms with Crippen LogP contribution < -0.4 is 5.73 Å². The predicted octanol–water partition coefficient (Wildman–Crippen LogP) is 1.68. The molecule has 2 aliphatic rings. The van der Waals surface area contributed by atoms with E-state index in [1.54, 1.807) is 6.07 Å². The van der Waals surface area contributed by atoms with E-state index in [2.05, 4.69) is 4.90 Å². The molecule has 0 bridgehead atoms. The molecule has 0 spiro atoms. The summed E-state index contributed by atoms with van der Waals surface area (Å²) in [5.74, 6) is -1.18. The summed E-state index contributed by atoms with van der Waals surface area (Å²) in [4.78, 5) is 14.3. The van der Waals surface area contributed by atoms with Gasteiger partial charge in [0.1, 0.15) is 11.4 Å². The van der Waals surface area contributed by atoms with Gasteiger partial charge in [-0.25, -0.2) is 4.39 Å². The highest BCUT2D eigenvalue weighted by Crippen LogP contribution is 2.40. The number of unbranched alkanes of at least 4 members (excludes halogenated alkanes) is 1.